The summed E-state index contributed by atoms with van der Waals surface area (Å²) in [6.07, 6.45) is -9.34. The van der Waals surface area contributed by atoms with Crippen LogP contribution >= 0.6 is 24.8 Å². The maximum atomic E-state index is 13.1. The molecule has 0 bridgehead atoms. The second-order valence-corrected chi connectivity index (χ2v) is 5.26. The number of halogens is 8. The van der Waals surface area contributed by atoms with Gasteiger partial charge in [-0.1, -0.05) is 0 Å². The van der Waals surface area contributed by atoms with E-state index in [2.05, 4.69) is 5.32 Å². The van der Waals surface area contributed by atoms with Gasteiger partial charge in [-0.25, -0.2) is 0 Å². The number of nitrogens with zero attached hydrogens (tertiary/aromatic N) is 1. The van der Waals surface area contributed by atoms with Crippen molar-refractivity contribution in [2.75, 3.05) is 26.2 Å². The normalized spacial score (nSPS) is 17.6. The average molecular weight is 399 g/mol. The summed E-state index contributed by atoms with van der Waals surface area (Å²) in [5, 5.41) is 3.06. The first-order valence-corrected chi connectivity index (χ1v) is 6.84. The van der Waals surface area contributed by atoms with E-state index in [4.69, 9.17) is 0 Å². The van der Waals surface area contributed by atoms with Crippen LogP contribution < -0.4 is 5.32 Å². The summed E-state index contributed by atoms with van der Waals surface area (Å²) in [6.45, 7) is 3.70. The van der Waals surface area contributed by atoms with E-state index in [0.717, 1.165) is 0 Å². The Balaban J connectivity index is 0.00000264. The third-order valence-electron chi connectivity index (χ3n) is 3.83. The lowest BCUT2D eigenvalue weighted by atomic mass is 9.96. The van der Waals surface area contributed by atoms with E-state index < -0.39 is 29.5 Å². The van der Waals surface area contributed by atoms with Crippen molar-refractivity contribution in [2.45, 2.75) is 25.3 Å². The van der Waals surface area contributed by atoms with E-state index in [1.165, 1.54) is 6.92 Å². The molecule has 0 radical (unpaired) electrons. The molecule has 0 spiro atoms. The van der Waals surface area contributed by atoms with Crippen LogP contribution in [0.3, 0.4) is 0 Å². The van der Waals surface area contributed by atoms with Crippen LogP contribution in [0.2, 0.25) is 0 Å². The van der Waals surface area contributed by atoms with Crippen molar-refractivity contribution in [1.29, 1.82) is 0 Å². The van der Waals surface area contributed by atoms with Crippen molar-refractivity contribution in [1.82, 2.24) is 10.2 Å². The number of piperazine rings is 1. The molecule has 0 unspecified atom stereocenters. The zero-order valence-electron chi connectivity index (χ0n) is 12.7. The highest BCUT2D eigenvalue weighted by Crippen LogP contribution is 2.39. The third kappa shape index (κ3) is 5.40. The van der Waals surface area contributed by atoms with Gasteiger partial charge >= 0.3 is 12.4 Å². The van der Waals surface area contributed by atoms with Gasteiger partial charge in [0.15, 0.2) is 0 Å². The zero-order chi connectivity index (χ0) is 16.5. The predicted molar refractivity (Wildman–Crippen MR) is 83.8 cm³/mol. The van der Waals surface area contributed by atoms with E-state index in [1.54, 1.807) is 4.90 Å². The average Bonchev–Trinajstić information content (AvgIpc) is 2.45. The second-order valence-electron chi connectivity index (χ2n) is 5.26. The highest BCUT2D eigenvalue weighted by Gasteiger charge is 2.38. The predicted octanol–water partition coefficient (Wildman–Crippen LogP) is 4.53. The fourth-order valence-corrected chi connectivity index (χ4v) is 2.61. The van der Waals surface area contributed by atoms with Gasteiger partial charge in [-0.3, -0.25) is 4.90 Å². The monoisotopic (exact) mass is 398 g/mol. The number of benzene rings is 1. The van der Waals surface area contributed by atoms with Gasteiger partial charge < -0.3 is 5.32 Å². The van der Waals surface area contributed by atoms with Gasteiger partial charge in [0.25, 0.3) is 0 Å². The van der Waals surface area contributed by atoms with Gasteiger partial charge in [0, 0.05) is 32.2 Å². The lowest BCUT2D eigenvalue weighted by Crippen LogP contribution is -2.44. The Hall–Kier alpha value is -0.700. The van der Waals surface area contributed by atoms with Crippen LogP contribution in [0.5, 0.6) is 0 Å². The number of nitrogens with one attached hydrogen (secondary N) is 1. The van der Waals surface area contributed by atoms with Crippen LogP contribution in [0.25, 0.3) is 0 Å². The number of hydrogen-bond donors (Lipinski definition) is 1. The van der Waals surface area contributed by atoms with E-state index >= 15 is 0 Å². The topological polar surface area (TPSA) is 15.3 Å². The zero-order valence-corrected chi connectivity index (χ0v) is 14.3. The quantitative estimate of drug-likeness (QED) is 0.736. The minimum absolute atomic E-state index is 0. The highest BCUT2D eigenvalue weighted by molar-refractivity contribution is 5.85. The molecule has 0 aromatic heterocycles. The van der Waals surface area contributed by atoms with Crippen LogP contribution in [-0.2, 0) is 12.4 Å². The molecule has 1 heterocycles. The second kappa shape index (κ2) is 8.60. The molecule has 1 N–H and O–H groups in total. The molecule has 24 heavy (non-hydrogen) atoms. The van der Waals surface area contributed by atoms with Gasteiger partial charge in [-0.2, -0.15) is 26.3 Å². The van der Waals surface area contributed by atoms with Crippen molar-refractivity contribution >= 4 is 24.8 Å². The van der Waals surface area contributed by atoms with Crippen LogP contribution in [0, 0.1) is 0 Å². The first-order valence-electron chi connectivity index (χ1n) is 6.84. The summed E-state index contributed by atoms with van der Waals surface area (Å²) in [5.74, 6) is 0. The van der Waals surface area contributed by atoms with Crippen molar-refractivity contribution in [3.05, 3.63) is 34.9 Å². The van der Waals surface area contributed by atoms with Crippen LogP contribution in [0.15, 0.2) is 18.2 Å². The highest BCUT2D eigenvalue weighted by atomic mass is 35.5. The molecule has 1 aromatic carbocycles. The third-order valence-corrected chi connectivity index (χ3v) is 3.83. The molecular formula is C14H18Cl2F6N2. The van der Waals surface area contributed by atoms with Gasteiger partial charge in [0.2, 0.25) is 0 Å². The van der Waals surface area contributed by atoms with Crippen LogP contribution in [0.4, 0.5) is 26.3 Å². The summed E-state index contributed by atoms with van der Waals surface area (Å²) < 4.78 is 77.7. The molecular weight excluding hydrogens is 381 g/mol. The summed E-state index contributed by atoms with van der Waals surface area (Å²) in [5.41, 5.74) is -2.40. The molecule has 1 atom stereocenters. The van der Waals surface area contributed by atoms with Crippen molar-refractivity contribution in [2.24, 2.45) is 0 Å². The van der Waals surface area contributed by atoms with Gasteiger partial charge in [0.1, 0.15) is 0 Å². The molecule has 1 fully saturated rings. The standard InChI is InChI=1S/C14H16F6N2.2ClH/c1-9(22-6-4-21-5-7-22)11-8-10(13(15,16)17)2-3-12(11)14(18,19)20;;/h2-3,8-9,21H,4-7H2,1H3;2*1H/t9-;;/m1../s1. The smallest absolute Gasteiger partial charge is 0.314 e. The Morgan fingerprint density at radius 2 is 1.50 bits per heavy atom. The Bertz CT molecular complexity index is 527. The minimum Gasteiger partial charge on any atom is -0.314 e. The molecule has 10 heteroatoms. The van der Waals surface area contributed by atoms with Crippen molar-refractivity contribution in [3.63, 3.8) is 0 Å². The molecule has 2 rings (SSSR count). The fraction of sp³-hybridized carbons (Fsp3) is 0.571. The molecule has 0 aliphatic carbocycles. The summed E-state index contributed by atoms with van der Waals surface area (Å²) in [6, 6.07) is 0.893. The Morgan fingerprint density at radius 3 is 1.96 bits per heavy atom. The summed E-state index contributed by atoms with van der Waals surface area (Å²) in [7, 11) is 0. The molecule has 1 aliphatic rings. The summed E-state index contributed by atoms with van der Waals surface area (Å²) >= 11 is 0. The molecule has 0 saturated carbocycles. The summed E-state index contributed by atoms with van der Waals surface area (Å²) in [4.78, 5) is 1.75. The van der Waals surface area contributed by atoms with Gasteiger partial charge in [-0.05, 0) is 30.7 Å². The van der Waals surface area contributed by atoms with Crippen molar-refractivity contribution < 1.29 is 26.3 Å². The van der Waals surface area contributed by atoms with E-state index in [-0.39, 0.29) is 30.4 Å². The van der Waals surface area contributed by atoms with E-state index in [1.807, 2.05) is 0 Å². The molecule has 1 aliphatic heterocycles. The van der Waals surface area contributed by atoms with E-state index in [0.29, 0.717) is 44.4 Å². The molecule has 140 valence electrons. The lowest BCUT2D eigenvalue weighted by molar-refractivity contribution is -0.142. The SMILES string of the molecule is C[C@H](c1cc(C(F)(F)F)ccc1C(F)(F)F)N1CCNCC1.Cl.Cl. The van der Waals surface area contributed by atoms with E-state index in [9.17, 15) is 26.3 Å². The Morgan fingerprint density at radius 1 is 0.958 bits per heavy atom. The van der Waals surface area contributed by atoms with Crippen molar-refractivity contribution in [3.8, 4) is 0 Å². The first-order chi connectivity index (χ1) is 10.1. The molecule has 1 saturated heterocycles. The van der Waals surface area contributed by atoms with Crippen LogP contribution in [0.1, 0.15) is 29.7 Å². The number of rotatable bonds is 2. The lowest BCUT2D eigenvalue weighted by Gasteiger charge is -2.34. The molecule has 1 aromatic rings. The number of hydrogen-bond acceptors (Lipinski definition) is 2. The molecule has 0 amide bonds. The minimum atomic E-state index is -4.68. The van der Waals surface area contributed by atoms with Gasteiger partial charge in [0.05, 0.1) is 11.1 Å². The largest absolute Gasteiger partial charge is 0.416 e. The van der Waals surface area contributed by atoms with Crippen LogP contribution in [-0.4, -0.2) is 31.1 Å². The molecule has 2 nitrogen and oxygen atoms in total. The van der Waals surface area contributed by atoms with Gasteiger partial charge in [-0.15, -0.1) is 24.8 Å². The number of alkyl halides is 6. The fourth-order valence-electron chi connectivity index (χ4n) is 2.61. The maximum absolute atomic E-state index is 13.1. The Kier molecular flexibility index (Phi) is 8.35. The first kappa shape index (κ1) is 23.3. The Labute approximate surface area is 148 Å². The maximum Gasteiger partial charge on any atom is 0.416 e.